The van der Waals surface area contributed by atoms with E-state index in [1.165, 1.54) is 5.56 Å². The zero-order chi connectivity index (χ0) is 11.3. The molecule has 1 aromatic carbocycles. The van der Waals surface area contributed by atoms with Crippen molar-refractivity contribution in [3.8, 4) is 0 Å². The molecule has 3 N–H and O–H groups in total. The van der Waals surface area contributed by atoms with Gasteiger partial charge in [-0.2, -0.15) is 0 Å². The second-order valence-electron chi connectivity index (χ2n) is 3.93. The first-order valence-corrected chi connectivity index (χ1v) is 5.11. The Bertz CT molecular complexity index is 311. The minimum absolute atomic E-state index is 0.0357. The lowest BCUT2D eigenvalue weighted by Gasteiger charge is -2.17. The van der Waals surface area contributed by atoms with Crippen molar-refractivity contribution in [1.82, 2.24) is 0 Å². The molecule has 0 aliphatic rings. The summed E-state index contributed by atoms with van der Waals surface area (Å²) in [6, 6.07) is 9.71. The third-order valence-corrected chi connectivity index (χ3v) is 2.54. The molecule has 2 unspecified atom stereocenters. The number of aliphatic carboxylic acids is 1. The highest BCUT2D eigenvalue weighted by atomic mass is 16.4. The van der Waals surface area contributed by atoms with E-state index in [9.17, 15) is 4.79 Å². The predicted octanol–water partition coefficient (Wildman–Crippen LogP) is 1.67. The van der Waals surface area contributed by atoms with Crippen molar-refractivity contribution in [3.05, 3.63) is 35.9 Å². The van der Waals surface area contributed by atoms with Gasteiger partial charge in [0.15, 0.2) is 0 Å². The van der Waals surface area contributed by atoms with Crippen molar-refractivity contribution >= 4 is 5.97 Å². The van der Waals surface area contributed by atoms with Gasteiger partial charge in [-0.3, -0.25) is 4.79 Å². The van der Waals surface area contributed by atoms with Gasteiger partial charge < -0.3 is 10.8 Å². The summed E-state index contributed by atoms with van der Waals surface area (Å²) in [6.45, 7) is 1.99. The highest BCUT2D eigenvalue weighted by Gasteiger charge is 2.16. The molecule has 1 aromatic rings. The maximum Gasteiger partial charge on any atom is 0.304 e. The molecule has 3 nitrogen and oxygen atoms in total. The summed E-state index contributed by atoms with van der Waals surface area (Å²) in [5.41, 5.74) is 6.99. The number of rotatable bonds is 5. The van der Waals surface area contributed by atoms with E-state index in [0.29, 0.717) is 0 Å². The summed E-state index contributed by atoms with van der Waals surface area (Å²) >= 11 is 0. The highest BCUT2D eigenvalue weighted by molar-refractivity contribution is 5.67. The molecule has 0 saturated carbocycles. The van der Waals surface area contributed by atoms with E-state index in [1.54, 1.807) is 0 Å². The van der Waals surface area contributed by atoms with Crippen molar-refractivity contribution in [1.29, 1.82) is 0 Å². The van der Waals surface area contributed by atoms with Crippen LogP contribution in [0, 0.1) is 5.92 Å². The first-order valence-electron chi connectivity index (χ1n) is 5.11. The number of carboxylic acid groups (broad SMARTS) is 1. The van der Waals surface area contributed by atoms with Gasteiger partial charge in [0, 0.05) is 6.04 Å². The van der Waals surface area contributed by atoms with Crippen LogP contribution in [0.2, 0.25) is 0 Å². The highest BCUT2D eigenvalue weighted by Crippen LogP contribution is 2.12. The van der Waals surface area contributed by atoms with Crippen molar-refractivity contribution in [2.75, 3.05) is 0 Å². The van der Waals surface area contributed by atoms with Crippen LogP contribution in [0.5, 0.6) is 0 Å². The molecule has 0 bridgehead atoms. The maximum absolute atomic E-state index is 10.5. The molecule has 2 atom stereocenters. The largest absolute Gasteiger partial charge is 0.481 e. The standard InChI is InChI=1S/C12H17NO2/c1-9(11(13)8-12(14)15)7-10-5-3-2-4-6-10/h2-6,9,11H,7-8,13H2,1H3,(H,14,15). The van der Waals surface area contributed by atoms with Crippen molar-refractivity contribution in [2.24, 2.45) is 11.7 Å². The molecule has 0 aromatic heterocycles. The van der Waals surface area contributed by atoms with Crippen molar-refractivity contribution in [3.63, 3.8) is 0 Å². The molecule has 0 radical (unpaired) electrons. The van der Waals surface area contributed by atoms with Gasteiger partial charge in [-0.15, -0.1) is 0 Å². The van der Waals surface area contributed by atoms with E-state index in [-0.39, 0.29) is 18.4 Å². The average Bonchev–Trinajstić information content (AvgIpc) is 2.18. The van der Waals surface area contributed by atoms with Crippen LogP contribution in [-0.2, 0) is 11.2 Å². The predicted molar refractivity (Wildman–Crippen MR) is 59.5 cm³/mol. The Morgan fingerprint density at radius 1 is 1.40 bits per heavy atom. The van der Waals surface area contributed by atoms with E-state index in [0.717, 1.165) is 6.42 Å². The SMILES string of the molecule is CC(Cc1ccccc1)C(N)CC(=O)O. The third kappa shape index (κ3) is 4.13. The van der Waals surface area contributed by atoms with Crippen LogP contribution in [0.4, 0.5) is 0 Å². The fraction of sp³-hybridized carbons (Fsp3) is 0.417. The summed E-state index contributed by atoms with van der Waals surface area (Å²) in [5, 5.41) is 8.62. The molecule has 0 spiro atoms. The van der Waals surface area contributed by atoms with Gasteiger partial charge in [0.2, 0.25) is 0 Å². The Hall–Kier alpha value is -1.35. The van der Waals surface area contributed by atoms with Crippen LogP contribution in [-0.4, -0.2) is 17.1 Å². The number of benzene rings is 1. The van der Waals surface area contributed by atoms with E-state index < -0.39 is 5.97 Å². The van der Waals surface area contributed by atoms with E-state index >= 15 is 0 Å². The molecular weight excluding hydrogens is 190 g/mol. The van der Waals surface area contributed by atoms with Gasteiger partial charge in [0.1, 0.15) is 0 Å². The van der Waals surface area contributed by atoms with E-state index in [4.69, 9.17) is 10.8 Å². The van der Waals surface area contributed by atoms with Crippen LogP contribution in [0.15, 0.2) is 30.3 Å². The molecule has 0 fully saturated rings. The Balaban J connectivity index is 2.48. The number of hydrogen-bond acceptors (Lipinski definition) is 2. The van der Waals surface area contributed by atoms with Crippen molar-refractivity contribution in [2.45, 2.75) is 25.8 Å². The number of carbonyl (C=O) groups is 1. The summed E-state index contributed by atoms with van der Waals surface area (Å²) in [7, 11) is 0. The molecule has 1 rings (SSSR count). The van der Waals surface area contributed by atoms with Crippen molar-refractivity contribution < 1.29 is 9.90 Å². The number of hydrogen-bond donors (Lipinski definition) is 2. The zero-order valence-corrected chi connectivity index (χ0v) is 8.89. The number of nitrogens with two attached hydrogens (primary N) is 1. The zero-order valence-electron chi connectivity index (χ0n) is 8.89. The van der Waals surface area contributed by atoms with Crippen LogP contribution in [0.1, 0.15) is 18.9 Å². The lowest BCUT2D eigenvalue weighted by Crippen LogP contribution is -2.32. The maximum atomic E-state index is 10.5. The van der Waals surface area contributed by atoms with Crippen LogP contribution in [0.25, 0.3) is 0 Å². The molecule has 0 saturated heterocycles. The summed E-state index contributed by atoms with van der Waals surface area (Å²) in [6.07, 6.45) is 0.864. The lowest BCUT2D eigenvalue weighted by molar-refractivity contribution is -0.137. The van der Waals surface area contributed by atoms with E-state index in [1.807, 2.05) is 37.3 Å². The molecule has 0 aliphatic carbocycles. The molecular formula is C12H17NO2. The summed E-state index contributed by atoms with van der Waals surface area (Å²) in [5.74, 6) is -0.647. The smallest absolute Gasteiger partial charge is 0.304 e. The third-order valence-electron chi connectivity index (χ3n) is 2.54. The first kappa shape index (κ1) is 11.7. The molecule has 0 amide bonds. The number of carboxylic acids is 1. The van der Waals surface area contributed by atoms with Gasteiger partial charge in [-0.25, -0.2) is 0 Å². The fourth-order valence-electron chi connectivity index (χ4n) is 1.54. The summed E-state index contributed by atoms with van der Waals surface area (Å²) in [4.78, 5) is 10.5. The molecule has 15 heavy (non-hydrogen) atoms. The minimum Gasteiger partial charge on any atom is -0.481 e. The van der Waals surface area contributed by atoms with Crippen LogP contribution in [0.3, 0.4) is 0 Å². The Morgan fingerprint density at radius 2 is 2.00 bits per heavy atom. The Morgan fingerprint density at radius 3 is 2.53 bits per heavy atom. The second-order valence-corrected chi connectivity index (χ2v) is 3.93. The van der Waals surface area contributed by atoms with Crippen LogP contribution < -0.4 is 5.73 Å². The van der Waals surface area contributed by atoms with Gasteiger partial charge in [0.25, 0.3) is 0 Å². The van der Waals surface area contributed by atoms with Gasteiger partial charge >= 0.3 is 5.97 Å². The second kappa shape index (κ2) is 5.51. The quantitative estimate of drug-likeness (QED) is 0.772. The average molecular weight is 207 g/mol. The molecule has 0 heterocycles. The molecule has 82 valence electrons. The monoisotopic (exact) mass is 207 g/mol. The van der Waals surface area contributed by atoms with E-state index in [2.05, 4.69) is 0 Å². The van der Waals surface area contributed by atoms with Crippen LogP contribution >= 0.6 is 0 Å². The normalized spacial score (nSPS) is 14.5. The Kier molecular flexibility index (Phi) is 4.31. The lowest BCUT2D eigenvalue weighted by atomic mass is 9.93. The molecule has 3 heteroatoms. The minimum atomic E-state index is -0.831. The summed E-state index contributed by atoms with van der Waals surface area (Å²) < 4.78 is 0. The first-order chi connectivity index (χ1) is 7.09. The van der Waals surface area contributed by atoms with Gasteiger partial charge in [-0.05, 0) is 17.9 Å². The Labute approximate surface area is 89.9 Å². The van der Waals surface area contributed by atoms with Gasteiger partial charge in [-0.1, -0.05) is 37.3 Å². The van der Waals surface area contributed by atoms with Gasteiger partial charge in [0.05, 0.1) is 6.42 Å². The molecule has 0 aliphatic heterocycles. The topological polar surface area (TPSA) is 63.3 Å². The fourth-order valence-corrected chi connectivity index (χ4v) is 1.54.